The minimum Gasteiger partial charge on any atom is -0.469 e. The Morgan fingerprint density at radius 3 is 2.60 bits per heavy atom. The summed E-state index contributed by atoms with van der Waals surface area (Å²) in [6.45, 7) is 4.23. The lowest BCUT2D eigenvalue weighted by atomic mass is 9.96. The Morgan fingerprint density at radius 2 is 2.04 bits per heavy atom. The number of hydrogen-bond donors (Lipinski definition) is 1. The molecule has 0 bridgehead atoms. The number of carbonyl (C=O) groups excluding carboxylic acids is 1. The molecule has 1 aromatic rings. The van der Waals surface area contributed by atoms with Crippen LogP contribution in [0.2, 0.25) is 0 Å². The third kappa shape index (κ3) is 3.62. The van der Waals surface area contributed by atoms with Crippen molar-refractivity contribution in [3.05, 3.63) is 35.6 Å². The molecule has 1 heterocycles. The summed E-state index contributed by atoms with van der Waals surface area (Å²) in [7, 11) is 3.19. The van der Waals surface area contributed by atoms with Gasteiger partial charge in [0.1, 0.15) is 5.82 Å². The van der Waals surface area contributed by atoms with Crippen LogP contribution in [0.1, 0.15) is 25.3 Å². The van der Waals surface area contributed by atoms with Crippen molar-refractivity contribution in [3.63, 3.8) is 0 Å². The minimum atomic E-state index is -0.205. The Hall–Kier alpha value is -2.11. The van der Waals surface area contributed by atoms with Crippen molar-refractivity contribution in [2.24, 2.45) is 16.8 Å². The summed E-state index contributed by atoms with van der Waals surface area (Å²) >= 11 is 0. The Balaban J connectivity index is 1.62. The number of ether oxygens (including phenoxy) is 1. The van der Waals surface area contributed by atoms with Gasteiger partial charge >= 0.3 is 5.97 Å². The fourth-order valence-electron chi connectivity index (χ4n) is 3.70. The van der Waals surface area contributed by atoms with Crippen LogP contribution in [0.15, 0.2) is 29.3 Å². The van der Waals surface area contributed by atoms with Crippen LogP contribution in [0.5, 0.6) is 0 Å². The molecule has 25 heavy (non-hydrogen) atoms. The highest BCUT2D eigenvalue weighted by atomic mass is 19.1. The van der Waals surface area contributed by atoms with E-state index in [2.05, 4.69) is 22.1 Å². The molecule has 0 amide bonds. The monoisotopic (exact) mass is 347 g/mol. The second-order valence-electron chi connectivity index (χ2n) is 7.20. The lowest BCUT2D eigenvalue weighted by Crippen LogP contribution is -2.43. The lowest BCUT2D eigenvalue weighted by molar-refractivity contribution is -0.145. The van der Waals surface area contributed by atoms with Gasteiger partial charge in [-0.3, -0.25) is 9.79 Å². The van der Waals surface area contributed by atoms with Gasteiger partial charge in [0.25, 0.3) is 0 Å². The zero-order valence-electron chi connectivity index (χ0n) is 15.1. The Bertz CT molecular complexity index is 655. The number of rotatable bonds is 4. The molecule has 0 radical (unpaired) electrons. The van der Waals surface area contributed by atoms with E-state index in [9.17, 15) is 9.18 Å². The Labute approximate surface area is 148 Å². The fourth-order valence-corrected chi connectivity index (χ4v) is 3.70. The van der Waals surface area contributed by atoms with Gasteiger partial charge in [-0.05, 0) is 36.5 Å². The summed E-state index contributed by atoms with van der Waals surface area (Å²) in [6, 6.07) is 6.79. The van der Waals surface area contributed by atoms with Crippen molar-refractivity contribution in [1.29, 1.82) is 0 Å². The topological polar surface area (TPSA) is 53.9 Å². The average molecular weight is 347 g/mol. The number of likely N-dealkylation sites (tertiary alicyclic amines) is 1. The van der Waals surface area contributed by atoms with Crippen LogP contribution < -0.4 is 5.32 Å². The van der Waals surface area contributed by atoms with Gasteiger partial charge in [0.15, 0.2) is 5.96 Å². The summed E-state index contributed by atoms with van der Waals surface area (Å²) in [5.74, 6) is 0.568. The van der Waals surface area contributed by atoms with Crippen molar-refractivity contribution in [2.75, 3.05) is 33.8 Å². The first-order valence-electron chi connectivity index (χ1n) is 8.78. The number of methoxy groups -OCH3 is 1. The first kappa shape index (κ1) is 17.7. The van der Waals surface area contributed by atoms with Gasteiger partial charge in [0.05, 0.1) is 13.0 Å². The third-order valence-corrected chi connectivity index (χ3v) is 5.52. The van der Waals surface area contributed by atoms with Crippen molar-refractivity contribution in [1.82, 2.24) is 10.2 Å². The molecular formula is C19H26FN3O2. The van der Waals surface area contributed by atoms with E-state index < -0.39 is 0 Å². The van der Waals surface area contributed by atoms with Gasteiger partial charge in [-0.15, -0.1) is 0 Å². The van der Waals surface area contributed by atoms with E-state index in [1.54, 1.807) is 7.05 Å². The average Bonchev–Trinajstić information content (AvgIpc) is 3.31. The second-order valence-corrected chi connectivity index (χ2v) is 7.20. The third-order valence-electron chi connectivity index (χ3n) is 5.52. The summed E-state index contributed by atoms with van der Waals surface area (Å²) in [4.78, 5) is 18.4. The van der Waals surface area contributed by atoms with E-state index in [-0.39, 0.29) is 29.0 Å². The maximum atomic E-state index is 13.2. The first-order chi connectivity index (χ1) is 12.0. The van der Waals surface area contributed by atoms with Crippen LogP contribution in [0.4, 0.5) is 4.39 Å². The summed E-state index contributed by atoms with van der Waals surface area (Å²) in [5, 5.41) is 3.46. The number of carbonyl (C=O) groups is 1. The van der Waals surface area contributed by atoms with Crippen LogP contribution in [0.3, 0.4) is 0 Å². The zero-order chi connectivity index (χ0) is 18.0. The zero-order valence-corrected chi connectivity index (χ0v) is 15.1. The van der Waals surface area contributed by atoms with Gasteiger partial charge in [0, 0.05) is 32.1 Å². The largest absolute Gasteiger partial charge is 0.469 e. The van der Waals surface area contributed by atoms with Gasteiger partial charge in [0.2, 0.25) is 0 Å². The number of guanidine groups is 1. The quantitative estimate of drug-likeness (QED) is 0.515. The molecule has 5 nitrogen and oxygen atoms in total. The molecule has 0 aromatic heterocycles. The van der Waals surface area contributed by atoms with E-state index in [4.69, 9.17) is 4.74 Å². The fraction of sp³-hybridized carbons (Fsp3) is 0.579. The number of nitrogens with one attached hydrogen (secondary N) is 1. The molecule has 2 aliphatic rings. The molecule has 1 aliphatic carbocycles. The predicted octanol–water partition coefficient (Wildman–Crippen LogP) is 2.17. The standard InChI is InChI=1S/C19H26FN3O2/c1-13-10-23(11-16(13)17(24)25-3)18(21-2)22-12-19(8-9-19)14-4-6-15(20)7-5-14/h4-7,13,16H,8-12H2,1-3H3,(H,21,22). The van der Waals surface area contributed by atoms with E-state index in [0.29, 0.717) is 6.54 Å². The van der Waals surface area contributed by atoms with E-state index >= 15 is 0 Å². The van der Waals surface area contributed by atoms with Crippen LogP contribution in [-0.2, 0) is 14.9 Å². The normalized spacial score (nSPS) is 25.0. The number of nitrogens with zero attached hydrogens (tertiary/aromatic N) is 2. The van der Waals surface area contributed by atoms with Crippen molar-refractivity contribution in [3.8, 4) is 0 Å². The molecule has 1 aliphatic heterocycles. The van der Waals surface area contributed by atoms with E-state index in [1.165, 1.54) is 24.8 Å². The number of halogens is 1. The first-order valence-corrected chi connectivity index (χ1v) is 8.78. The Kier molecular flexibility index (Phi) is 4.97. The Morgan fingerprint density at radius 1 is 1.36 bits per heavy atom. The van der Waals surface area contributed by atoms with Crippen LogP contribution in [0.25, 0.3) is 0 Å². The van der Waals surface area contributed by atoms with Crippen molar-refractivity contribution >= 4 is 11.9 Å². The van der Waals surface area contributed by atoms with Crippen molar-refractivity contribution in [2.45, 2.75) is 25.2 Å². The van der Waals surface area contributed by atoms with E-state index in [0.717, 1.165) is 31.9 Å². The molecule has 1 saturated carbocycles. The smallest absolute Gasteiger partial charge is 0.310 e. The maximum Gasteiger partial charge on any atom is 0.310 e. The molecule has 1 aromatic carbocycles. The molecule has 2 atom stereocenters. The second kappa shape index (κ2) is 7.02. The highest BCUT2D eigenvalue weighted by molar-refractivity contribution is 5.82. The molecule has 1 N–H and O–H groups in total. The maximum absolute atomic E-state index is 13.2. The highest BCUT2D eigenvalue weighted by Crippen LogP contribution is 2.47. The number of esters is 1. The summed E-state index contributed by atoms with van der Waals surface area (Å²) < 4.78 is 18.1. The number of aliphatic imine (C=N–C) groups is 1. The molecule has 2 fully saturated rings. The molecule has 6 heteroatoms. The van der Waals surface area contributed by atoms with Crippen LogP contribution in [0, 0.1) is 17.7 Å². The predicted molar refractivity (Wildman–Crippen MR) is 94.9 cm³/mol. The highest BCUT2D eigenvalue weighted by Gasteiger charge is 2.45. The minimum absolute atomic E-state index is 0.0662. The lowest BCUT2D eigenvalue weighted by Gasteiger charge is -2.24. The van der Waals surface area contributed by atoms with Gasteiger partial charge in [-0.1, -0.05) is 19.1 Å². The van der Waals surface area contributed by atoms with Crippen LogP contribution in [-0.4, -0.2) is 50.6 Å². The summed E-state index contributed by atoms with van der Waals surface area (Å²) in [6.07, 6.45) is 2.17. The molecule has 136 valence electrons. The summed E-state index contributed by atoms with van der Waals surface area (Å²) in [5.41, 5.74) is 1.23. The molecule has 2 unspecified atom stereocenters. The number of benzene rings is 1. The van der Waals surface area contributed by atoms with Crippen molar-refractivity contribution < 1.29 is 13.9 Å². The van der Waals surface area contributed by atoms with E-state index in [1.807, 2.05) is 12.1 Å². The van der Waals surface area contributed by atoms with Gasteiger partial charge in [-0.2, -0.15) is 0 Å². The van der Waals surface area contributed by atoms with Crippen LogP contribution >= 0.6 is 0 Å². The molecule has 0 spiro atoms. The molecule has 3 rings (SSSR count). The SMILES string of the molecule is CN=C(NCC1(c2ccc(F)cc2)CC1)N1CC(C)C(C(=O)OC)C1. The van der Waals surface area contributed by atoms with Gasteiger partial charge < -0.3 is 15.0 Å². The van der Waals surface area contributed by atoms with Gasteiger partial charge in [-0.25, -0.2) is 4.39 Å². The molecule has 1 saturated heterocycles. The molecular weight excluding hydrogens is 321 g/mol. The number of hydrogen-bond acceptors (Lipinski definition) is 3.